The topological polar surface area (TPSA) is 46.5 Å². The smallest absolute Gasteiger partial charge is 0.330 e. The fourth-order valence-electron chi connectivity index (χ4n) is 1.16. The summed E-state index contributed by atoms with van der Waals surface area (Å²) in [4.78, 5) is 0. The molecule has 0 saturated heterocycles. The Bertz CT molecular complexity index is 300. The van der Waals surface area contributed by atoms with Crippen LogP contribution in [0, 0.1) is 0 Å². The van der Waals surface area contributed by atoms with Gasteiger partial charge in [-0.2, -0.15) is 0 Å². The van der Waals surface area contributed by atoms with Gasteiger partial charge in [0, 0.05) is 12.0 Å². The lowest BCUT2D eigenvalue weighted by Gasteiger charge is -2.23. The van der Waals surface area contributed by atoms with Crippen molar-refractivity contribution in [3.05, 3.63) is 48.6 Å². The maximum atomic E-state index is 10.3. The maximum absolute atomic E-state index is 10.3. The molecule has 1 aromatic rings. The van der Waals surface area contributed by atoms with Crippen LogP contribution in [-0.2, 0) is 14.9 Å². The van der Waals surface area contributed by atoms with E-state index in [2.05, 4.69) is 6.58 Å². The van der Waals surface area contributed by atoms with Crippen molar-refractivity contribution < 1.29 is 14.2 Å². The first-order valence-corrected chi connectivity index (χ1v) is 4.85. The van der Waals surface area contributed by atoms with Crippen LogP contribution in [0.3, 0.4) is 0 Å². The largest absolute Gasteiger partial charge is 0.361 e. The third kappa shape index (κ3) is 2.48. The molecule has 1 N–H and O–H groups in total. The lowest BCUT2D eigenvalue weighted by molar-refractivity contribution is -0.135. The molecule has 0 aliphatic heterocycles. The van der Waals surface area contributed by atoms with Crippen molar-refractivity contribution in [2.45, 2.75) is 12.2 Å². The van der Waals surface area contributed by atoms with E-state index in [-0.39, 0.29) is 6.42 Å². The van der Waals surface area contributed by atoms with Crippen LogP contribution in [0.15, 0.2) is 43.0 Å². The van der Waals surface area contributed by atoms with Crippen molar-refractivity contribution >= 4 is 8.69 Å². The van der Waals surface area contributed by atoms with Crippen LogP contribution in [0.25, 0.3) is 0 Å². The van der Waals surface area contributed by atoms with Crippen LogP contribution in [0.2, 0.25) is 0 Å². The first kappa shape index (κ1) is 11.1. The summed E-state index contributed by atoms with van der Waals surface area (Å²) in [6.07, 6.45) is 1.70. The van der Waals surface area contributed by atoms with Crippen molar-refractivity contribution in [2.75, 3.05) is 0 Å². The highest BCUT2D eigenvalue weighted by atomic mass is 31.1. The molecule has 4 heteroatoms. The van der Waals surface area contributed by atoms with Crippen molar-refractivity contribution in [1.29, 1.82) is 0 Å². The monoisotopic (exact) mass is 210 g/mol. The summed E-state index contributed by atoms with van der Waals surface area (Å²) in [5, 5.41) is 9.98. The predicted molar refractivity (Wildman–Crippen MR) is 53.8 cm³/mol. The van der Waals surface area contributed by atoms with Gasteiger partial charge < -0.3 is 5.11 Å². The first-order chi connectivity index (χ1) is 6.73. The van der Waals surface area contributed by atoms with Crippen LogP contribution < -0.4 is 0 Å². The molecule has 1 aromatic carbocycles. The summed E-state index contributed by atoms with van der Waals surface area (Å²) in [5.74, 6) is -1.55. The van der Waals surface area contributed by atoms with Gasteiger partial charge in [-0.25, -0.2) is 4.57 Å². The second kappa shape index (κ2) is 5.01. The highest BCUT2D eigenvalue weighted by molar-refractivity contribution is 7.17. The lowest BCUT2D eigenvalue weighted by Crippen LogP contribution is -2.25. The summed E-state index contributed by atoms with van der Waals surface area (Å²) in [5.41, 5.74) is 0.559. The normalized spacial score (nSPS) is 14.9. The molecule has 3 nitrogen and oxygen atoms in total. The number of benzene rings is 1. The van der Waals surface area contributed by atoms with Crippen LogP contribution >= 0.6 is 8.69 Å². The van der Waals surface area contributed by atoms with Gasteiger partial charge in [0.1, 0.15) is 0 Å². The zero-order chi connectivity index (χ0) is 10.4. The standard InChI is InChI=1S/C10H11O3P/c1-2-8-10(11,13-14-12)9-6-4-3-5-7-9/h2-7,11H,1,8H2. The van der Waals surface area contributed by atoms with Crippen molar-refractivity contribution in [3.63, 3.8) is 0 Å². The van der Waals surface area contributed by atoms with E-state index in [4.69, 9.17) is 4.52 Å². The molecule has 0 radical (unpaired) electrons. The van der Waals surface area contributed by atoms with E-state index < -0.39 is 14.5 Å². The molecule has 74 valence electrons. The van der Waals surface area contributed by atoms with Crippen LogP contribution in [0.4, 0.5) is 0 Å². The van der Waals surface area contributed by atoms with Gasteiger partial charge in [0.05, 0.1) is 0 Å². The Morgan fingerprint density at radius 3 is 2.64 bits per heavy atom. The molecule has 0 saturated carbocycles. The van der Waals surface area contributed by atoms with Gasteiger partial charge in [0.2, 0.25) is 5.79 Å². The summed E-state index contributed by atoms with van der Waals surface area (Å²) in [6.45, 7) is 3.51. The van der Waals surface area contributed by atoms with E-state index in [0.717, 1.165) is 0 Å². The first-order valence-electron chi connectivity index (χ1n) is 4.12. The highest BCUT2D eigenvalue weighted by Gasteiger charge is 2.29. The molecule has 0 fully saturated rings. The van der Waals surface area contributed by atoms with Crippen molar-refractivity contribution in [1.82, 2.24) is 0 Å². The molecule has 0 spiro atoms. The molecule has 0 bridgehead atoms. The van der Waals surface area contributed by atoms with Gasteiger partial charge in [-0.3, -0.25) is 4.52 Å². The number of hydrogen-bond donors (Lipinski definition) is 1. The second-order valence-corrected chi connectivity index (χ2v) is 3.14. The Labute approximate surface area is 84.3 Å². The van der Waals surface area contributed by atoms with E-state index in [1.54, 1.807) is 24.3 Å². The van der Waals surface area contributed by atoms with Crippen molar-refractivity contribution in [2.24, 2.45) is 0 Å². The third-order valence-electron chi connectivity index (χ3n) is 1.83. The predicted octanol–water partition coefficient (Wildman–Crippen LogP) is 2.63. The van der Waals surface area contributed by atoms with Gasteiger partial charge >= 0.3 is 8.69 Å². The zero-order valence-electron chi connectivity index (χ0n) is 7.59. The molecule has 1 rings (SSSR count). The SMILES string of the molecule is C=CCC(O)(OP=O)c1ccccc1. The van der Waals surface area contributed by atoms with Gasteiger partial charge in [-0.15, -0.1) is 6.58 Å². The molecule has 14 heavy (non-hydrogen) atoms. The van der Waals surface area contributed by atoms with Crippen LogP contribution in [0.1, 0.15) is 12.0 Å². The Kier molecular flexibility index (Phi) is 3.96. The molecule has 0 aromatic heterocycles. The number of aliphatic hydroxyl groups is 1. The number of rotatable bonds is 5. The summed E-state index contributed by atoms with van der Waals surface area (Å²) >= 11 is 0. The molecule has 0 aliphatic rings. The fraction of sp³-hybridized carbons (Fsp3) is 0.200. The van der Waals surface area contributed by atoms with E-state index in [9.17, 15) is 9.67 Å². The second-order valence-electron chi connectivity index (χ2n) is 2.81. The molecule has 0 heterocycles. The molecule has 1 unspecified atom stereocenters. The lowest BCUT2D eigenvalue weighted by atomic mass is 10.0. The minimum atomic E-state index is -1.55. The minimum absolute atomic E-state index is 0.187. The quantitative estimate of drug-likeness (QED) is 0.461. The molecular formula is C10H11O3P. The Hall–Kier alpha value is -1.02. The summed E-state index contributed by atoms with van der Waals surface area (Å²) < 4.78 is 15.1. The highest BCUT2D eigenvalue weighted by Crippen LogP contribution is 2.30. The number of hydrogen-bond acceptors (Lipinski definition) is 3. The Morgan fingerprint density at radius 2 is 2.14 bits per heavy atom. The van der Waals surface area contributed by atoms with Crippen LogP contribution in [-0.4, -0.2) is 5.11 Å². The molecule has 0 aliphatic carbocycles. The average Bonchev–Trinajstić information content (AvgIpc) is 2.20. The zero-order valence-corrected chi connectivity index (χ0v) is 8.48. The average molecular weight is 210 g/mol. The van der Waals surface area contributed by atoms with E-state index in [1.807, 2.05) is 6.07 Å². The van der Waals surface area contributed by atoms with Gasteiger partial charge in [-0.05, 0) is 0 Å². The van der Waals surface area contributed by atoms with E-state index in [1.165, 1.54) is 6.08 Å². The maximum Gasteiger partial charge on any atom is 0.330 e. The molecule has 0 amide bonds. The van der Waals surface area contributed by atoms with E-state index >= 15 is 0 Å². The molecular weight excluding hydrogens is 199 g/mol. The minimum Gasteiger partial charge on any atom is -0.361 e. The van der Waals surface area contributed by atoms with Gasteiger partial charge in [0.25, 0.3) is 0 Å². The fourth-order valence-corrected chi connectivity index (χ4v) is 1.47. The van der Waals surface area contributed by atoms with Crippen molar-refractivity contribution in [3.8, 4) is 0 Å². The third-order valence-corrected chi connectivity index (χ3v) is 2.21. The van der Waals surface area contributed by atoms with Crippen LogP contribution in [0.5, 0.6) is 0 Å². The molecule has 1 atom stereocenters. The van der Waals surface area contributed by atoms with E-state index in [0.29, 0.717) is 5.56 Å². The van der Waals surface area contributed by atoms with Gasteiger partial charge in [-0.1, -0.05) is 36.4 Å². The Morgan fingerprint density at radius 1 is 1.50 bits per heavy atom. The van der Waals surface area contributed by atoms with Gasteiger partial charge in [0.15, 0.2) is 0 Å². The Balaban J connectivity index is 2.98. The summed E-state index contributed by atoms with van der Waals surface area (Å²) in [6, 6.07) is 8.78. The summed E-state index contributed by atoms with van der Waals surface area (Å²) in [7, 11) is -0.554.